The predicted octanol–water partition coefficient (Wildman–Crippen LogP) is -0.518. The van der Waals surface area contributed by atoms with E-state index in [1.54, 1.807) is 12.1 Å². The summed E-state index contributed by atoms with van der Waals surface area (Å²) in [7, 11) is 0. The number of nitrogen functional groups attached to an aromatic ring is 1. The molecule has 8 N–H and O–H groups in total. The fraction of sp³-hybridized carbons (Fsp3) is 0.238. The van der Waals surface area contributed by atoms with Crippen LogP contribution in [0.25, 0.3) is 0 Å². The van der Waals surface area contributed by atoms with E-state index >= 15 is 0 Å². The molecule has 3 amide bonds. The van der Waals surface area contributed by atoms with Crippen LogP contribution in [0.4, 0.5) is 11.5 Å². The predicted molar refractivity (Wildman–Crippen MR) is 119 cm³/mol. The third kappa shape index (κ3) is 7.51. The van der Waals surface area contributed by atoms with Crippen molar-refractivity contribution in [1.82, 2.24) is 20.6 Å². The zero-order valence-electron chi connectivity index (χ0n) is 17.5. The molecule has 0 saturated heterocycles. The molecular formula is C21H23N7O5. The highest BCUT2D eigenvalue weighted by molar-refractivity contribution is 5.97. The molecule has 0 aliphatic carbocycles. The van der Waals surface area contributed by atoms with Crippen LogP contribution in [0.5, 0.6) is 0 Å². The number of hydrogen-bond donors (Lipinski definition) is 6. The molecule has 1 aromatic carbocycles. The van der Waals surface area contributed by atoms with Crippen molar-refractivity contribution >= 4 is 35.2 Å². The number of aromatic nitrogens is 2. The second-order valence-electron chi connectivity index (χ2n) is 6.77. The van der Waals surface area contributed by atoms with Gasteiger partial charge in [0.1, 0.15) is 6.04 Å². The summed E-state index contributed by atoms with van der Waals surface area (Å²) in [4.78, 5) is 54.6. The summed E-state index contributed by atoms with van der Waals surface area (Å²) >= 11 is 0. The molecule has 1 aromatic heterocycles. The van der Waals surface area contributed by atoms with E-state index in [1.807, 2.05) is 0 Å². The number of nitrogens with zero attached hydrogens (tertiary/aromatic N) is 2. The molecule has 0 radical (unpaired) electrons. The molecule has 1 heterocycles. The summed E-state index contributed by atoms with van der Waals surface area (Å²) < 4.78 is 0. The smallest absolute Gasteiger partial charge is 0.326 e. The van der Waals surface area contributed by atoms with E-state index in [2.05, 4.69) is 31.8 Å². The van der Waals surface area contributed by atoms with Crippen molar-refractivity contribution in [3.63, 3.8) is 0 Å². The molecule has 33 heavy (non-hydrogen) atoms. The van der Waals surface area contributed by atoms with Gasteiger partial charge in [-0.05, 0) is 30.7 Å². The minimum atomic E-state index is -1.26. The van der Waals surface area contributed by atoms with Crippen LogP contribution in [0.1, 0.15) is 39.4 Å². The third-order valence-corrected chi connectivity index (χ3v) is 4.36. The fourth-order valence-corrected chi connectivity index (χ4v) is 2.65. The van der Waals surface area contributed by atoms with Gasteiger partial charge in [0.25, 0.3) is 11.8 Å². The van der Waals surface area contributed by atoms with Crippen molar-refractivity contribution in [2.75, 3.05) is 17.6 Å². The number of hydrogen-bond acceptors (Lipinski definition) is 8. The van der Waals surface area contributed by atoms with Gasteiger partial charge in [-0.3, -0.25) is 14.4 Å². The molecule has 1 atom stereocenters. The van der Waals surface area contributed by atoms with Gasteiger partial charge in [0.05, 0.1) is 25.0 Å². The van der Waals surface area contributed by atoms with Crippen LogP contribution >= 0.6 is 0 Å². The zero-order chi connectivity index (χ0) is 24.4. The average Bonchev–Trinajstić information content (AvgIpc) is 2.79. The van der Waals surface area contributed by atoms with Crippen molar-refractivity contribution in [3.8, 4) is 12.3 Å². The second-order valence-corrected chi connectivity index (χ2v) is 6.77. The SMILES string of the molecule is C#CCNC(=O)CCC(NC(=O)c1ccc(NCc2cnc(N)c(C(N)=O)n2)cc1)C(=O)O. The number of anilines is 2. The first kappa shape index (κ1) is 24.6. The van der Waals surface area contributed by atoms with Gasteiger partial charge < -0.3 is 32.5 Å². The number of carbonyl (C=O) groups excluding carboxylic acids is 3. The number of amides is 3. The van der Waals surface area contributed by atoms with Gasteiger partial charge in [0, 0.05) is 17.7 Å². The van der Waals surface area contributed by atoms with Crippen molar-refractivity contribution in [3.05, 3.63) is 47.4 Å². The van der Waals surface area contributed by atoms with Gasteiger partial charge >= 0.3 is 5.97 Å². The topological polar surface area (TPSA) is 202 Å². The first-order valence-electron chi connectivity index (χ1n) is 9.70. The summed E-state index contributed by atoms with van der Waals surface area (Å²) in [5.41, 5.74) is 11.9. The van der Waals surface area contributed by atoms with E-state index in [0.717, 1.165) is 0 Å². The lowest BCUT2D eigenvalue weighted by Crippen LogP contribution is -2.41. The normalized spacial score (nSPS) is 11.0. The van der Waals surface area contributed by atoms with Gasteiger partial charge in [-0.2, -0.15) is 0 Å². The maximum atomic E-state index is 12.4. The molecule has 12 heteroatoms. The molecular weight excluding hydrogens is 430 g/mol. The quantitative estimate of drug-likeness (QED) is 0.242. The van der Waals surface area contributed by atoms with Crippen LogP contribution in [0.15, 0.2) is 30.5 Å². The lowest BCUT2D eigenvalue weighted by molar-refractivity contribution is -0.139. The highest BCUT2D eigenvalue weighted by atomic mass is 16.4. The van der Waals surface area contributed by atoms with Gasteiger partial charge in [-0.1, -0.05) is 5.92 Å². The molecule has 172 valence electrons. The Bertz CT molecular complexity index is 1080. The zero-order valence-corrected chi connectivity index (χ0v) is 17.5. The minimum absolute atomic E-state index is 0.0422. The van der Waals surface area contributed by atoms with Crippen LogP contribution in [0, 0.1) is 12.3 Å². The number of aliphatic carboxylic acids is 1. The highest BCUT2D eigenvalue weighted by Crippen LogP contribution is 2.12. The summed E-state index contributed by atoms with van der Waals surface area (Å²) in [6, 6.07) is 4.98. The number of primary amides is 1. The average molecular weight is 453 g/mol. The van der Waals surface area contributed by atoms with E-state index in [4.69, 9.17) is 17.9 Å². The number of nitrogens with one attached hydrogen (secondary N) is 3. The van der Waals surface area contributed by atoms with Crippen LogP contribution in [0.2, 0.25) is 0 Å². The Labute approximate surface area is 189 Å². The third-order valence-electron chi connectivity index (χ3n) is 4.36. The van der Waals surface area contributed by atoms with E-state index in [-0.39, 0.29) is 43.0 Å². The van der Waals surface area contributed by atoms with E-state index in [1.165, 1.54) is 18.3 Å². The largest absolute Gasteiger partial charge is 0.480 e. The molecule has 1 unspecified atom stereocenters. The van der Waals surface area contributed by atoms with Crippen molar-refractivity contribution in [2.24, 2.45) is 5.73 Å². The van der Waals surface area contributed by atoms with Crippen molar-refractivity contribution < 1.29 is 24.3 Å². The second kappa shape index (κ2) is 11.7. The standard InChI is InChI=1S/C21H23N7O5/c1-2-9-24-16(29)8-7-15(21(32)33)28-20(31)12-3-5-13(6-4-12)25-10-14-11-26-18(22)17(27-14)19(23)30/h1,3-6,11,15,25H,7-10H2,(H2,22,26)(H2,23,30)(H,24,29)(H,28,31)(H,32,33). The van der Waals surface area contributed by atoms with Gasteiger partial charge in [-0.25, -0.2) is 14.8 Å². The first-order chi connectivity index (χ1) is 15.7. The molecule has 0 aliphatic rings. The minimum Gasteiger partial charge on any atom is -0.480 e. The van der Waals surface area contributed by atoms with Gasteiger partial charge in [0.15, 0.2) is 11.5 Å². The van der Waals surface area contributed by atoms with Crippen LogP contribution in [0.3, 0.4) is 0 Å². The Balaban J connectivity index is 1.94. The molecule has 2 aromatic rings. The Morgan fingerprint density at radius 1 is 1.18 bits per heavy atom. The van der Waals surface area contributed by atoms with E-state index in [9.17, 15) is 24.3 Å². The summed E-state index contributed by atoms with van der Waals surface area (Å²) in [6.07, 6.45) is 6.25. The van der Waals surface area contributed by atoms with Crippen LogP contribution in [-0.4, -0.2) is 51.4 Å². The number of carboxylic acids is 1. The van der Waals surface area contributed by atoms with Crippen LogP contribution < -0.4 is 27.4 Å². The van der Waals surface area contributed by atoms with E-state index < -0.39 is 29.7 Å². The number of rotatable bonds is 11. The number of carbonyl (C=O) groups is 4. The molecule has 0 fully saturated rings. The monoisotopic (exact) mass is 453 g/mol. The van der Waals surface area contributed by atoms with Gasteiger partial charge in [0.2, 0.25) is 5.91 Å². The Hall–Kier alpha value is -4.66. The summed E-state index contributed by atoms with van der Waals surface area (Å²) in [5, 5.41) is 17.2. The molecule has 0 bridgehead atoms. The summed E-state index contributed by atoms with van der Waals surface area (Å²) in [6.45, 7) is 0.252. The lowest BCUT2D eigenvalue weighted by Gasteiger charge is -2.14. The first-order valence-corrected chi connectivity index (χ1v) is 9.70. The number of terminal acetylenes is 1. The fourth-order valence-electron chi connectivity index (χ4n) is 2.65. The molecule has 2 rings (SSSR count). The molecule has 12 nitrogen and oxygen atoms in total. The maximum Gasteiger partial charge on any atom is 0.326 e. The maximum absolute atomic E-state index is 12.4. The number of benzene rings is 1. The van der Waals surface area contributed by atoms with E-state index in [0.29, 0.717) is 11.4 Å². The Kier molecular flexibility index (Phi) is 8.69. The highest BCUT2D eigenvalue weighted by Gasteiger charge is 2.21. The lowest BCUT2D eigenvalue weighted by atomic mass is 10.1. The summed E-state index contributed by atoms with van der Waals surface area (Å²) in [5.74, 6) is -0.873. The number of nitrogens with two attached hydrogens (primary N) is 2. The van der Waals surface area contributed by atoms with Crippen molar-refractivity contribution in [2.45, 2.75) is 25.4 Å². The van der Waals surface area contributed by atoms with Crippen LogP contribution in [-0.2, 0) is 16.1 Å². The molecule has 0 spiro atoms. The number of carboxylic acid groups (broad SMARTS) is 1. The Morgan fingerprint density at radius 3 is 2.48 bits per heavy atom. The van der Waals surface area contributed by atoms with Crippen molar-refractivity contribution in [1.29, 1.82) is 0 Å². The molecule has 0 saturated carbocycles. The Morgan fingerprint density at radius 2 is 1.88 bits per heavy atom. The van der Waals surface area contributed by atoms with Gasteiger partial charge in [-0.15, -0.1) is 6.42 Å². The molecule has 0 aliphatic heterocycles.